The van der Waals surface area contributed by atoms with Crippen molar-refractivity contribution >= 4 is 0 Å². The second kappa shape index (κ2) is 2.23. The fourth-order valence-electron chi connectivity index (χ4n) is 2.38. The monoisotopic (exact) mass is 139 g/mol. The molecule has 0 bridgehead atoms. The van der Waals surface area contributed by atoms with Crippen molar-refractivity contribution in [2.75, 3.05) is 19.6 Å². The maximum Gasteiger partial charge on any atom is 0.00383 e. The van der Waals surface area contributed by atoms with E-state index in [1.807, 2.05) is 0 Å². The lowest BCUT2D eigenvalue weighted by Crippen LogP contribution is -2.32. The maximum atomic E-state index is 2.60. The van der Waals surface area contributed by atoms with Crippen LogP contribution in [0.2, 0.25) is 0 Å². The Labute approximate surface area is 63.4 Å². The Balaban J connectivity index is 1.92. The molecule has 0 aromatic carbocycles. The smallest absolute Gasteiger partial charge is 0.00383 e. The average Bonchev–Trinajstić information content (AvgIpc) is 2.29. The third kappa shape index (κ3) is 0.878. The summed E-state index contributed by atoms with van der Waals surface area (Å²) in [6, 6.07) is 0. The van der Waals surface area contributed by atoms with Crippen LogP contribution in [0.5, 0.6) is 0 Å². The van der Waals surface area contributed by atoms with Crippen LogP contribution in [0.3, 0.4) is 0 Å². The molecule has 0 aromatic rings. The Morgan fingerprint density at radius 2 is 2.10 bits per heavy atom. The summed E-state index contributed by atoms with van der Waals surface area (Å²) in [5, 5.41) is 0. The second-order valence-electron chi connectivity index (χ2n) is 3.97. The minimum absolute atomic E-state index is 0.815. The van der Waals surface area contributed by atoms with E-state index in [-0.39, 0.29) is 0 Å². The quantitative estimate of drug-likeness (QED) is 0.536. The summed E-state index contributed by atoms with van der Waals surface area (Å²) in [6.45, 7) is 6.32. The molecule has 0 amide bonds. The van der Waals surface area contributed by atoms with Crippen molar-refractivity contribution in [2.24, 2.45) is 5.41 Å². The molecule has 1 saturated heterocycles. The standard InChI is InChI=1S/C9H17N/c1-2-10-7-6-9(8-10)4-3-5-9/h2-8H2,1H3. The second-order valence-corrected chi connectivity index (χ2v) is 3.97. The van der Waals surface area contributed by atoms with Gasteiger partial charge in [-0.05, 0) is 37.8 Å². The molecule has 1 spiro atoms. The first-order valence-electron chi connectivity index (χ1n) is 4.57. The molecule has 2 aliphatic rings. The van der Waals surface area contributed by atoms with Gasteiger partial charge >= 0.3 is 0 Å². The third-order valence-electron chi connectivity index (χ3n) is 3.38. The molecule has 1 heterocycles. The van der Waals surface area contributed by atoms with E-state index in [2.05, 4.69) is 11.8 Å². The summed E-state index contributed by atoms with van der Waals surface area (Å²) in [4.78, 5) is 2.60. The zero-order chi connectivity index (χ0) is 7.03. The van der Waals surface area contributed by atoms with Crippen LogP contribution in [-0.2, 0) is 0 Å². The van der Waals surface area contributed by atoms with Crippen molar-refractivity contribution in [3.8, 4) is 0 Å². The Kier molecular flexibility index (Phi) is 1.48. The number of hydrogen-bond donors (Lipinski definition) is 0. The highest BCUT2D eigenvalue weighted by Gasteiger charge is 2.41. The topological polar surface area (TPSA) is 3.24 Å². The normalized spacial score (nSPS) is 30.9. The number of rotatable bonds is 1. The van der Waals surface area contributed by atoms with Crippen molar-refractivity contribution in [2.45, 2.75) is 32.6 Å². The van der Waals surface area contributed by atoms with E-state index in [0.717, 1.165) is 5.41 Å². The van der Waals surface area contributed by atoms with Crippen molar-refractivity contribution in [1.82, 2.24) is 4.90 Å². The summed E-state index contributed by atoms with van der Waals surface area (Å²) in [7, 11) is 0. The Bertz CT molecular complexity index is 127. The lowest BCUT2D eigenvalue weighted by Gasteiger charge is -2.38. The van der Waals surface area contributed by atoms with E-state index in [0.29, 0.717) is 0 Å². The van der Waals surface area contributed by atoms with E-state index in [9.17, 15) is 0 Å². The highest BCUT2D eigenvalue weighted by atomic mass is 15.2. The summed E-state index contributed by atoms with van der Waals surface area (Å²) in [6.07, 6.45) is 6.02. The predicted molar refractivity (Wildman–Crippen MR) is 43.0 cm³/mol. The average molecular weight is 139 g/mol. The van der Waals surface area contributed by atoms with Crippen LogP contribution in [0.1, 0.15) is 32.6 Å². The van der Waals surface area contributed by atoms with Crippen molar-refractivity contribution in [1.29, 1.82) is 0 Å². The van der Waals surface area contributed by atoms with Gasteiger partial charge in [-0.1, -0.05) is 13.3 Å². The van der Waals surface area contributed by atoms with Gasteiger partial charge in [0.2, 0.25) is 0 Å². The third-order valence-corrected chi connectivity index (χ3v) is 3.38. The van der Waals surface area contributed by atoms with Gasteiger partial charge in [0.25, 0.3) is 0 Å². The van der Waals surface area contributed by atoms with Crippen molar-refractivity contribution in [3.05, 3.63) is 0 Å². The number of likely N-dealkylation sites (tertiary alicyclic amines) is 1. The fourth-order valence-corrected chi connectivity index (χ4v) is 2.38. The SMILES string of the molecule is CCN1CCC2(CCC2)C1. The van der Waals surface area contributed by atoms with Crippen LogP contribution in [0.15, 0.2) is 0 Å². The van der Waals surface area contributed by atoms with Crippen molar-refractivity contribution in [3.63, 3.8) is 0 Å². The molecule has 2 rings (SSSR count). The largest absolute Gasteiger partial charge is 0.303 e. The van der Waals surface area contributed by atoms with Crippen molar-refractivity contribution < 1.29 is 0 Å². The van der Waals surface area contributed by atoms with E-state index < -0.39 is 0 Å². The van der Waals surface area contributed by atoms with Gasteiger partial charge in [-0.2, -0.15) is 0 Å². The van der Waals surface area contributed by atoms with Crippen LogP contribution in [-0.4, -0.2) is 24.5 Å². The van der Waals surface area contributed by atoms with E-state index in [1.54, 1.807) is 0 Å². The first-order chi connectivity index (χ1) is 4.85. The highest BCUT2D eigenvalue weighted by molar-refractivity contribution is 4.95. The van der Waals surface area contributed by atoms with Crippen LogP contribution in [0, 0.1) is 5.41 Å². The van der Waals surface area contributed by atoms with E-state index in [4.69, 9.17) is 0 Å². The first kappa shape index (κ1) is 6.66. The Hall–Kier alpha value is -0.0400. The first-order valence-corrected chi connectivity index (χ1v) is 4.57. The van der Waals surface area contributed by atoms with E-state index >= 15 is 0 Å². The minimum atomic E-state index is 0.815. The molecule has 0 unspecified atom stereocenters. The predicted octanol–water partition coefficient (Wildman–Crippen LogP) is 1.88. The van der Waals surface area contributed by atoms with Gasteiger partial charge < -0.3 is 4.90 Å². The number of hydrogen-bond acceptors (Lipinski definition) is 1. The molecular weight excluding hydrogens is 122 g/mol. The minimum Gasteiger partial charge on any atom is -0.303 e. The molecule has 58 valence electrons. The highest BCUT2D eigenvalue weighted by Crippen LogP contribution is 2.47. The molecule has 2 fully saturated rings. The molecule has 1 aliphatic heterocycles. The molecule has 1 aliphatic carbocycles. The Morgan fingerprint density at radius 1 is 1.30 bits per heavy atom. The van der Waals surface area contributed by atoms with Gasteiger partial charge in [0.15, 0.2) is 0 Å². The number of nitrogens with zero attached hydrogens (tertiary/aromatic N) is 1. The molecule has 0 aromatic heterocycles. The summed E-state index contributed by atoms with van der Waals surface area (Å²) >= 11 is 0. The molecule has 1 heteroatoms. The lowest BCUT2D eigenvalue weighted by atomic mass is 9.68. The van der Waals surface area contributed by atoms with Gasteiger partial charge in [0, 0.05) is 6.54 Å². The molecular formula is C9H17N. The van der Waals surface area contributed by atoms with E-state index in [1.165, 1.54) is 45.3 Å². The zero-order valence-electron chi connectivity index (χ0n) is 6.90. The summed E-state index contributed by atoms with van der Waals surface area (Å²) in [5.74, 6) is 0. The lowest BCUT2D eigenvalue weighted by molar-refractivity contribution is 0.141. The molecule has 0 N–H and O–H groups in total. The molecule has 10 heavy (non-hydrogen) atoms. The maximum absolute atomic E-state index is 2.60. The zero-order valence-corrected chi connectivity index (χ0v) is 6.90. The molecule has 0 radical (unpaired) electrons. The van der Waals surface area contributed by atoms with Crippen LogP contribution < -0.4 is 0 Å². The van der Waals surface area contributed by atoms with Crippen LogP contribution in [0.25, 0.3) is 0 Å². The molecule has 0 atom stereocenters. The van der Waals surface area contributed by atoms with Crippen LogP contribution >= 0.6 is 0 Å². The van der Waals surface area contributed by atoms with Gasteiger partial charge in [-0.25, -0.2) is 0 Å². The van der Waals surface area contributed by atoms with Gasteiger partial charge in [-0.15, -0.1) is 0 Å². The summed E-state index contributed by atoms with van der Waals surface area (Å²) in [5.41, 5.74) is 0.815. The van der Waals surface area contributed by atoms with Crippen LogP contribution in [0.4, 0.5) is 0 Å². The molecule has 1 nitrogen and oxygen atoms in total. The Morgan fingerprint density at radius 3 is 2.40 bits per heavy atom. The fraction of sp³-hybridized carbons (Fsp3) is 1.00. The summed E-state index contributed by atoms with van der Waals surface area (Å²) < 4.78 is 0. The van der Waals surface area contributed by atoms with Gasteiger partial charge in [0.05, 0.1) is 0 Å². The molecule has 1 saturated carbocycles. The van der Waals surface area contributed by atoms with Gasteiger partial charge in [0.1, 0.15) is 0 Å². The van der Waals surface area contributed by atoms with Gasteiger partial charge in [-0.3, -0.25) is 0 Å².